The van der Waals surface area contributed by atoms with Gasteiger partial charge >= 0.3 is 0 Å². The van der Waals surface area contributed by atoms with Gasteiger partial charge in [0.05, 0.1) is 17.9 Å². The number of halogens is 1. The maximum Gasteiger partial charge on any atom is 0.134 e. The Kier molecular flexibility index (Phi) is 4.27. The van der Waals surface area contributed by atoms with Crippen molar-refractivity contribution in [3.8, 4) is 11.1 Å². The molecule has 2 aromatic carbocycles. The van der Waals surface area contributed by atoms with Crippen molar-refractivity contribution in [2.75, 3.05) is 5.32 Å². The molecule has 0 saturated carbocycles. The zero-order valence-electron chi connectivity index (χ0n) is 14.3. The molecule has 26 heavy (non-hydrogen) atoms. The number of hydrogen-bond donors (Lipinski definition) is 1. The second-order valence-electron chi connectivity index (χ2n) is 6.12. The Hall–Kier alpha value is -3.34. The topological polar surface area (TPSA) is 50.7 Å². The van der Waals surface area contributed by atoms with Gasteiger partial charge in [0.2, 0.25) is 0 Å². The fourth-order valence-corrected chi connectivity index (χ4v) is 2.83. The Morgan fingerprint density at radius 2 is 1.69 bits per heavy atom. The van der Waals surface area contributed by atoms with Crippen molar-refractivity contribution in [1.82, 2.24) is 15.2 Å². The number of nitrogens with one attached hydrogen (secondary N) is 1. The number of aryl methyl sites for hydroxylation is 1. The highest BCUT2D eigenvalue weighted by Crippen LogP contribution is 2.28. The minimum absolute atomic E-state index is 0.238. The summed E-state index contributed by atoms with van der Waals surface area (Å²) >= 11 is 0. The van der Waals surface area contributed by atoms with Crippen LogP contribution in [0.1, 0.15) is 11.4 Å². The van der Waals surface area contributed by atoms with Gasteiger partial charge in [0.1, 0.15) is 11.6 Å². The molecule has 5 heteroatoms. The van der Waals surface area contributed by atoms with Crippen molar-refractivity contribution in [2.24, 2.45) is 0 Å². The van der Waals surface area contributed by atoms with Crippen LogP contribution in [0.2, 0.25) is 0 Å². The third-order valence-corrected chi connectivity index (χ3v) is 4.23. The Morgan fingerprint density at radius 1 is 0.885 bits per heavy atom. The maximum absolute atomic E-state index is 13.2. The van der Waals surface area contributed by atoms with Crippen molar-refractivity contribution < 1.29 is 4.39 Å². The molecule has 0 fully saturated rings. The molecule has 0 saturated heterocycles. The average Bonchev–Trinajstić information content (AvgIpc) is 2.68. The highest BCUT2D eigenvalue weighted by Gasteiger charge is 2.06. The van der Waals surface area contributed by atoms with Gasteiger partial charge in [-0.05, 0) is 59.8 Å². The van der Waals surface area contributed by atoms with Crippen LogP contribution in [-0.4, -0.2) is 15.2 Å². The first-order valence-corrected chi connectivity index (χ1v) is 8.37. The van der Waals surface area contributed by atoms with Crippen molar-refractivity contribution in [1.29, 1.82) is 0 Å². The van der Waals surface area contributed by atoms with Gasteiger partial charge in [-0.25, -0.2) is 9.37 Å². The van der Waals surface area contributed by atoms with Crippen LogP contribution in [0.5, 0.6) is 0 Å². The third kappa shape index (κ3) is 3.37. The summed E-state index contributed by atoms with van der Waals surface area (Å²) in [6.45, 7) is 2.45. The summed E-state index contributed by atoms with van der Waals surface area (Å²) in [5, 5.41) is 13.7. The van der Waals surface area contributed by atoms with E-state index in [2.05, 4.69) is 26.6 Å². The smallest absolute Gasteiger partial charge is 0.134 e. The molecule has 1 N–H and O–H groups in total. The molecule has 0 radical (unpaired) electrons. The molecule has 0 amide bonds. The Labute approximate surface area is 150 Å². The number of fused-ring (bicyclic) bond motifs is 1. The van der Waals surface area contributed by atoms with Gasteiger partial charge in [0.25, 0.3) is 0 Å². The first-order valence-electron chi connectivity index (χ1n) is 8.37. The lowest BCUT2D eigenvalue weighted by atomic mass is 10.0. The number of anilines is 1. The summed E-state index contributed by atoms with van der Waals surface area (Å²) in [6.07, 6.45) is 1.78. The van der Waals surface area contributed by atoms with Gasteiger partial charge in [-0.3, -0.25) is 0 Å². The van der Waals surface area contributed by atoms with Gasteiger partial charge in [0.15, 0.2) is 0 Å². The number of pyridine rings is 1. The summed E-state index contributed by atoms with van der Waals surface area (Å²) in [7, 11) is 0. The highest BCUT2D eigenvalue weighted by atomic mass is 19.1. The number of rotatable bonds is 4. The van der Waals surface area contributed by atoms with E-state index in [1.807, 2.05) is 37.3 Å². The Balaban J connectivity index is 1.66. The molecule has 0 spiro atoms. The average molecular weight is 344 g/mol. The SMILES string of the molecule is Cc1ccc(CNc2nccc3ccc(-c4ccc(F)cc4)cc23)nn1. The predicted molar refractivity (Wildman–Crippen MR) is 101 cm³/mol. The van der Waals surface area contributed by atoms with Crippen LogP contribution in [0.15, 0.2) is 66.9 Å². The summed E-state index contributed by atoms with van der Waals surface area (Å²) in [6, 6.07) is 18.5. The van der Waals surface area contributed by atoms with Gasteiger partial charge in [0, 0.05) is 11.6 Å². The van der Waals surface area contributed by atoms with Crippen LogP contribution < -0.4 is 5.32 Å². The number of nitrogens with zero attached hydrogens (tertiary/aromatic N) is 3. The van der Waals surface area contributed by atoms with Gasteiger partial charge in [-0.15, -0.1) is 0 Å². The monoisotopic (exact) mass is 344 g/mol. The van der Waals surface area contributed by atoms with Crippen LogP contribution in [0.4, 0.5) is 10.2 Å². The lowest BCUT2D eigenvalue weighted by Gasteiger charge is -2.10. The Morgan fingerprint density at radius 3 is 2.46 bits per heavy atom. The molecule has 4 rings (SSSR count). The molecule has 0 bridgehead atoms. The van der Waals surface area contributed by atoms with Crippen molar-refractivity contribution >= 4 is 16.6 Å². The fourth-order valence-electron chi connectivity index (χ4n) is 2.83. The molecule has 4 nitrogen and oxygen atoms in total. The zero-order chi connectivity index (χ0) is 17.9. The van der Waals surface area contributed by atoms with Gasteiger partial charge in [-0.2, -0.15) is 10.2 Å². The molecule has 4 aromatic rings. The number of aromatic nitrogens is 3. The normalized spacial score (nSPS) is 10.8. The summed E-state index contributed by atoms with van der Waals surface area (Å²) in [5.41, 5.74) is 3.72. The van der Waals surface area contributed by atoms with Gasteiger partial charge in [-0.1, -0.05) is 24.3 Å². The molecular weight excluding hydrogens is 327 g/mol. The number of hydrogen-bond acceptors (Lipinski definition) is 4. The van der Waals surface area contributed by atoms with E-state index in [1.165, 1.54) is 12.1 Å². The van der Waals surface area contributed by atoms with E-state index in [0.29, 0.717) is 6.54 Å². The lowest BCUT2D eigenvalue weighted by Crippen LogP contribution is -2.05. The number of benzene rings is 2. The van der Waals surface area contributed by atoms with Crippen molar-refractivity contribution in [2.45, 2.75) is 13.5 Å². The maximum atomic E-state index is 13.2. The minimum Gasteiger partial charge on any atom is -0.364 e. The van der Waals surface area contributed by atoms with E-state index < -0.39 is 0 Å². The molecule has 0 aliphatic heterocycles. The molecule has 0 atom stereocenters. The standard InChI is InChI=1S/C21H17FN4/c1-14-2-9-19(26-25-14)13-24-21-20-12-17(4-3-16(20)10-11-23-21)15-5-7-18(22)8-6-15/h2-12H,13H2,1H3,(H,23,24). The van der Waals surface area contributed by atoms with Crippen LogP contribution in [0, 0.1) is 12.7 Å². The molecule has 2 heterocycles. The predicted octanol–water partition coefficient (Wildman–Crippen LogP) is 4.75. The lowest BCUT2D eigenvalue weighted by molar-refractivity contribution is 0.628. The molecule has 0 unspecified atom stereocenters. The second-order valence-corrected chi connectivity index (χ2v) is 6.12. The molecule has 2 aromatic heterocycles. The molecule has 0 aliphatic carbocycles. The first-order chi connectivity index (χ1) is 12.7. The summed E-state index contributed by atoms with van der Waals surface area (Å²) in [5.74, 6) is 0.548. The van der Waals surface area contributed by atoms with Crippen molar-refractivity contribution in [3.05, 3.63) is 84.1 Å². The van der Waals surface area contributed by atoms with Crippen LogP contribution in [0.3, 0.4) is 0 Å². The zero-order valence-corrected chi connectivity index (χ0v) is 14.3. The van der Waals surface area contributed by atoms with E-state index >= 15 is 0 Å². The molecule has 0 aliphatic rings. The highest BCUT2D eigenvalue weighted by molar-refractivity contribution is 5.94. The Bertz CT molecular complexity index is 1040. The van der Waals surface area contributed by atoms with Crippen LogP contribution >= 0.6 is 0 Å². The largest absolute Gasteiger partial charge is 0.364 e. The van der Waals surface area contributed by atoms with E-state index in [4.69, 9.17) is 0 Å². The summed E-state index contributed by atoms with van der Waals surface area (Å²) < 4.78 is 13.2. The van der Waals surface area contributed by atoms with E-state index in [1.54, 1.807) is 18.3 Å². The van der Waals surface area contributed by atoms with Crippen molar-refractivity contribution in [3.63, 3.8) is 0 Å². The minimum atomic E-state index is -0.238. The van der Waals surface area contributed by atoms with E-state index in [0.717, 1.165) is 39.1 Å². The van der Waals surface area contributed by atoms with E-state index in [-0.39, 0.29) is 5.82 Å². The third-order valence-electron chi connectivity index (χ3n) is 4.23. The van der Waals surface area contributed by atoms with Gasteiger partial charge < -0.3 is 5.32 Å². The first kappa shape index (κ1) is 16.1. The van der Waals surface area contributed by atoms with E-state index in [9.17, 15) is 4.39 Å². The van der Waals surface area contributed by atoms with Crippen LogP contribution in [0.25, 0.3) is 21.9 Å². The fraction of sp³-hybridized carbons (Fsp3) is 0.0952. The second kappa shape index (κ2) is 6.88. The molecular formula is C21H17FN4. The molecule has 128 valence electrons. The van der Waals surface area contributed by atoms with Crippen LogP contribution in [-0.2, 0) is 6.54 Å². The quantitative estimate of drug-likeness (QED) is 0.580. The summed E-state index contributed by atoms with van der Waals surface area (Å²) in [4.78, 5) is 4.47.